The molecule has 0 spiro atoms. The van der Waals surface area contributed by atoms with Gasteiger partial charge < -0.3 is 14.7 Å². The number of hydrogen-bond acceptors (Lipinski definition) is 3. The SMILES string of the molecule is Cc1ccc(C)c(OCCC(=O)N2CCCC(C(=O)O)C2)c1. The predicted octanol–water partition coefficient (Wildman–Crippen LogP) is 2.40. The van der Waals surface area contributed by atoms with E-state index in [1.807, 2.05) is 32.0 Å². The fourth-order valence-corrected chi connectivity index (χ4v) is 2.67. The summed E-state index contributed by atoms with van der Waals surface area (Å²) in [4.78, 5) is 24.8. The van der Waals surface area contributed by atoms with Gasteiger partial charge in [0.2, 0.25) is 5.91 Å². The molecule has 1 aliphatic rings. The minimum atomic E-state index is -0.816. The number of carboxylic acid groups (broad SMARTS) is 1. The lowest BCUT2D eigenvalue weighted by atomic mass is 9.98. The quantitative estimate of drug-likeness (QED) is 0.907. The second-order valence-electron chi connectivity index (χ2n) is 5.88. The first-order chi connectivity index (χ1) is 10.5. The van der Waals surface area contributed by atoms with Crippen LogP contribution in [0.4, 0.5) is 0 Å². The zero-order valence-electron chi connectivity index (χ0n) is 13.2. The number of hydrogen-bond donors (Lipinski definition) is 1. The molecule has 1 saturated heterocycles. The molecule has 120 valence electrons. The van der Waals surface area contributed by atoms with E-state index in [2.05, 4.69) is 0 Å². The van der Waals surface area contributed by atoms with E-state index in [4.69, 9.17) is 9.84 Å². The Hall–Kier alpha value is -2.04. The molecular formula is C17H23NO4. The summed E-state index contributed by atoms with van der Waals surface area (Å²) < 4.78 is 5.69. The highest BCUT2D eigenvalue weighted by molar-refractivity contribution is 5.78. The molecule has 1 amide bonds. The molecule has 1 fully saturated rings. The zero-order valence-corrected chi connectivity index (χ0v) is 13.2. The third-order valence-electron chi connectivity index (χ3n) is 4.04. The Labute approximate surface area is 130 Å². The van der Waals surface area contributed by atoms with Gasteiger partial charge in [0.05, 0.1) is 18.9 Å². The van der Waals surface area contributed by atoms with Gasteiger partial charge in [-0.3, -0.25) is 9.59 Å². The standard InChI is InChI=1S/C17H23NO4/c1-12-5-6-13(2)15(10-12)22-9-7-16(19)18-8-3-4-14(11-18)17(20)21/h5-6,10,14H,3-4,7-9,11H2,1-2H3,(H,20,21). The van der Waals surface area contributed by atoms with E-state index in [0.717, 1.165) is 23.3 Å². The van der Waals surface area contributed by atoms with Gasteiger partial charge in [-0.25, -0.2) is 0 Å². The number of ether oxygens (including phenoxy) is 1. The monoisotopic (exact) mass is 305 g/mol. The minimum Gasteiger partial charge on any atom is -0.493 e. The number of nitrogens with zero attached hydrogens (tertiary/aromatic N) is 1. The number of carbonyl (C=O) groups is 2. The molecule has 2 rings (SSSR count). The topological polar surface area (TPSA) is 66.8 Å². The maximum atomic E-state index is 12.2. The summed E-state index contributed by atoms with van der Waals surface area (Å²) in [6, 6.07) is 5.98. The third-order valence-corrected chi connectivity index (χ3v) is 4.04. The van der Waals surface area contributed by atoms with E-state index in [9.17, 15) is 9.59 Å². The number of aliphatic carboxylic acids is 1. The van der Waals surface area contributed by atoms with Crippen LogP contribution in [0, 0.1) is 19.8 Å². The van der Waals surface area contributed by atoms with Crippen molar-refractivity contribution in [3.8, 4) is 5.75 Å². The number of carboxylic acids is 1. The van der Waals surface area contributed by atoms with E-state index in [0.29, 0.717) is 26.1 Å². The lowest BCUT2D eigenvalue weighted by Crippen LogP contribution is -2.42. The number of rotatable bonds is 5. The van der Waals surface area contributed by atoms with E-state index >= 15 is 0 Å². The molecule has 5 nitrogen and oxygen atoms in total. The smallest absolute Gasteiger partial charge is 0.308 e. The molecule has 1 unspecified atom stereocenters. The first kappa shape index (κ1) is 16.3. The average Bonchev–Trinajstić information content (AvgIpc) is 2.50. The lowest BCUT2D eigenvalue weighted by molar-refractivity contribution is -0.145. The molecule has 0 saturated carbocycles. The van der Waals surface area contributed by atoms with Crippen molar-refractivity contribution in [3.05, 3.63) is 29.3 Å². The van der Waals surface area contributed by atoms with Crippen molar-refractivity contribution in [1.82, 2.24) is 4.90 Å². The average molecular weight is 305 g/mol. The number of benzene rings is 1. The Kier molecular flexibility index (Phi) is 5.41. The van der Waals surface area contributed by atoms with Crippen LogP contribution in [0.1, 0.15) is 30.4 Å². The number of likely N-dealkylation sites (tertiary alicyclic amines) is 1. The second-order valence-corrected chi connectivity index (χ2v) is 5.88. The van der Waals surface area contributed by atoms with Crippen LogP contribution in [0.25, 0.3) is 0 Å². The summed E-state index contributed by atoms with van der Waals surface area (Å²) in [6.45, 7) is 5.25. The highest BCUT2D eigenvalue weighted by Crippen LogP contribution is 2.20. The second kappa shape index (κ2) is 7.29. The maximum absolute atomic E-state index is 12.2. The fraction of sp³-hybridized carbons (Fsp3) is 0.529. The van der Waals surface area contributed by atoms with Crippen molar-refractivity contribution in [2.75, 3.05) is 19.7 Å². The van der Waals surface area contributed by atoms with Crippen molar-refractivity contribution in [2.24, 2.45) is 5.92 Å². The van der Waals surface area contributed by atoms with Crippen molar-refractivity contribution < 1.29 is 19.4 Å². The van der Waals surface area contributed by atoms with Crippen molar-refractivity contribution in [1.29, 1.82) is 0 Å². The van der Waals surface area contributed by atoms with Gasteiger partial charge in [-0.15, -0.1) is 0 Å². The van der Waals surface area contributed by atoms with Crippen molar-refractivity contribution in [2.45, 2.75) is 33.1 Å². The molecule has 1 aromatic carbocycles. The van der Waals surface area contributed by atoms with Crippen molar-refractivity contribution in [3.63, 3.8) is 0 Å². The number of piperidine rings is 1. The van der Waals surface area contributed by atoms with Gasteiger partial charge in [-0.05, 0) is 43.9 Å². The summed E-state index contributed by atoms with van der Waals surface area (Å²) in [5.41, 5.74) is 2.16. The van der Waals surface area contributed by atoms with E-state index < -0.39 is 11.9 Å². The van der Waals surface area contributed by atoms with Crippen molar-refractivity contribution >= 4 is 11.9 Å². The van der Waals surface area contributed by atoms with Gasteiger partial charge >= 0.3 is 5.97 Å². The first-order valence-electron chi connectivity index (χ1n) is 7.68. The molecule has 1 atom stereocenters. The highest BCUT2D eigenvalue weighted by atomic mass is 16.5. The van der Waals surface area contributed by atoms with Crippen LogP contribution >= 0.6 is 0 Å². The molecule has 0 aliphatic carbocycles. The number of aryl methyl sites for hydroxylation is 2. The molecule has 5 heteroatoms. The van der Waals surface area contributed by atoms with E-state index in [1.165, 1.54) is 0 Å². The summed E-state index contributed by atoms with van der Waals surface area (Å²) in [6.07, 6.45) is 1.68. The molecule has 1 N–H and O–H groups in total. The van der Waals surface area contributed by atoms with Gasteiger partial charge in [-0.1, -0.05) is 12.1 Å². The van der Waals surface area contributed by atoms with E-state index in [-0.39, 0.29) is 12.3 Å². The molecular weight excluding hydrogens is 282 g/mol. The largest absolute Gasteiger partial charge is 0.493 e. The Morgan fingerprint density at radius 3 is 2.86 bits per heavy atom. The van der Waals surface area contributed by atoms with Gasteiger partial charge in [-0.2, -0.15) is 0 Å². The molecule has 0 aromatic heterocycles. The Morgan fingerprint density at radius 1 is 1.36 bits per heavy atom. The van der Waals surface area contributed by atoms with Gasteiger partial charge in [0.25, 0.3) is 0 Å². The van der Waals surface area contributed by atoms with Crippen LogP contribution in [0.5, 0.6) is 5.75 Å². The van der Waals surface area contributed by atoms with Crippen LogP contribution in [-0.4, -0.2) is 41.6 Å². The Balaban J connectivity index is 1.82. The molecule has 22 heavy (non-hydrogen) atoms. The predicted molar refractivity (Wildman–Crippen MR) is 83.0 cm³/mol. The van der Waals surface area contributed by atoms with Crippen LogP contribution < -0.4 is 4.74 Å². The summed E-state index contributed by atoms with van der Waals surface area (Å²) in [7, 11) is 0. The lowest BCUT2D eigenvalue weighted by Gasteiger charge is -2.30. The fourth-order valence-electron chi connectivity index (χ4n) is 2.67. The molecule has 0 radical (unpaired) electrons. The van der Waals surface area contributed by atoms with Crippen LogP contribution in [-0.2, 0) is 9.59 Å². The number of amides is 1. The molecule has 1 heterocycles. The van der Waals surface area contributed by atoms with Gasteiger partial charge in [0.1, 0.15) is 5.75 Å². The summed E-state index contributed by atoms with van der Waals surface area (Å²) in [5, 5.41) is 9.06. The first-order valence-corrected chi connectivity index (χ1v) is 7.68. The molecule has 1 aliphatic heterocycles. The minimum absolute atomic E-state index is 0.0312. The molecule has 0 bridgehead atoms. The Bertz CT molecular complexity index is 556. The van der Waals surface area contributed by atoms with Crippen LogP contribution in [0.3, 0.4) is 0 Å². The van der Waals surface area contributed by atoms with Gasteiger partial charge in [0.15, 0.2) is 0 Å². The zero-order chi connectivity index (χ0) is 16.1. The maximum Gasteiger partial charge on any atom is 0.308 e. The normalized spacial score (nSPS) is 18.1. The Morgan fingerprint density at radius 2 is 2.14 bits per heavy atom. The highest BCUT2D eigenvalue weighted by Gasteiger charge is 2.27. The number of carbonyl (C=O) groups excluding carboxylic acids is 1. The molecule has 1 aromatic rings. The third kappa shape index (κ3) is 4.23. The van der Waals surface area contributed by atoms with Crippen LogP contribution in [0.2, 0.25) is 0 Å². The van der Waals surface area contributed by atoms with E-state index in [1.54, 1.807) is 4.90 Å². The summed E-state index contributed by atoms with van der Waals surface area (Å²) in [5.74, 6) is -0.479. The van der Waals surface area contributed by atoms with Crippen LogP contribution in [0.15, 0.2) is 18.2 Å². The van der Waals surface area contributed by atoms with Gasteiger partial charge in [0, 0.05) is 13.1 Å². The summed E-state index contributed by atoms with van der Waals surface area (Å²) >= 11 is 0.